The van der Waals surface area contributed by atoms with Gasteiger partial charge in [0.2, 0.25) is 69.7 Å². The van der Waals surface area contributed by atoms with Crippen LogP contribution in [0.25, 0.3) is 0 Å². The first-order valence-electron chi connectivity index (χ1n) is 27.0. The second-order valence-corrected chi connectivity index (χ2v) is 20.1. The Bertz CT molecular complexity index is 2990. The number of esters is 6. The van der Waals surface area contributed by atoms with Gasteiger partial charge in [0, 0.05) is 1.37 Å². The molecular weight excluding hydrogens is 1300 g/mol. The third-order valence-corrected chi connectivity index (χ3v) is 10.3. The Balaban J connectivity index is 0.00000131. The second kappa shape index (κ2) is 40.9. The van der Waals surface area contributed by atoms with Crippen LogP contribution in [-0.4, -0.2) is 113 Å². The second-order valence-electron chi connectivity index (χ2n) is 18.4. The molecular formula is C57H63Cl3F10O20. The molecule has 502 valence electrons. The molecule has 20 nitrogen and oxygen atoms in total. The van der Waals surface area contributed by atoms with Gasteiger partial charge in [-0.25, -0.2) is 55.1 Å². The van der Waals surface area contributed by atoms with Gasteiger partial charge in [0.25, 0.3) is 0 Å². The van der Waals surface area contributed by atoms with Crippen LogP contribution < -0.4 is 9.47 Å². The Hall–Kier alpha value is -7.67. The summed E-state index contributed by atoms with van der Waals surface area (Å²) >= 11 is 14.2. The third kappa shape index (κ3) is 27.2. The van der Waals surface area contributed by atoms with Crippen molar-refractivity contribution in [3.63, 3.8) is 0 Å². The molecule has 4 aromatic carbocycles. The number of carbonyl (C=O) groups excluding carboxylic acids is 8. The average Bonchev–Trinajstić information content (AvgIpc) is 0.797. The van der Waals surface area contributed by atoms with Crippen molar-refractivity contribution in [2.24, 2.45) is 10.8 Å². The summed E-state index contributed by atoms with van der Waals surface area (Å²) in [5.41, 5.74) is -2.29. The van der Waals surface area contributed by atoms with Crippen molar-refractivity contribution in [1.29, 1.82) is 0 Å². The smallest absolute Gasteiger partial charge is 0.458 e. The molecule has 0 radical (unpaired) electrons. The highest BCUT2D eigenvalue weighted by molar-refractivity contribution is 6.63. The number of rotatable bonds is 14. The monoisotopic (exact) mass is 1370 g/mol. The Morgan fingerprint density at radius 1 is 0.644 bits per heavy atom. The molecule has 90 heavy (non-hydrogen) atoms. The Kier molecular flexibility index (Phi) is 35.6. The van der Waals surface area contributed by atoms with Crippen LogP contribution in [0.5, 0.6) is 11.5 Å². The Morgan fingerprint density at radius 2 is 1.01 bits per heavy atom. The molecule has 4 aromatic rings. The first-order chi connectivity index (χ1) is 42.8. The van der Waals surface area contributed by atoms with Crippen LogP contribution in [0.1, 0.15) is 95.9 Å². The summed E-state index contributed by atoms with van der Waals surface area (Å²) < 4.78 is 190. The zero-order valence-corrected chi connectivity index (χ0v) is 51.4. The number of hydrogen-bond donors (Lipinski definition) is 2. The summed E-state index contributed by atoms with van der Waals surface area (Å²) in [6, 6.07) is 18.1. The molecule has 2 aliphatic rings. The molecule has 2 N–H and O–H groups in total. The Labute approximate surface area is 526 Å². The summed E-state index contributed by atoms with van der Waals surface area (Å²) in [5, 5.41) is 18.1. The predicted molar refractivity (Wildman–Crippen MR) is 295 cm³/mol. The van der Waals surface area contributed by atoms with Gasteiger partial charge in [-0.3, -0.25) is 9.59 Å². The van der Waals surface area contributed by atoms with Crippen molar-refractivity contribution in [2.45, 2.75) is 124 Å². The highest BCUT2D eigenvalue weighted by Gasteiger charge is 2.44. The normalized spacial score (nSPS) is 15.9. The minimum atomic E-state index is -2.49. The lowest BCUT2D eigenvalue weighted by molar-refractivity contribution is -0.191. The van der Waals surface area contributed by atoms with Crippen LogP contribution in [0, 0.1) is 69.0 Å². The molecule has 0 spiro atoms. The Morgan fingerprint density at radius 3 is 1.38 bits per heavy atom. The zero-order chi connectivity index (χ0) is 71.0. The van der Waals surface area contributed by atoms with E-state index in [9.17, 15) is 87.4 Å². The molecule has 2 saturated heterocycles. The van der Waals surface area contributed by atoms with Crippen LogP contribution in [0.3, 0.4) is 0 Å². The molecule has 0 aliphatic carbocycles. The number of aliphatic hydroxyl groups is 2. The average molecular weight is 1370 g/mol. The number of alkyl halides is 3. The van der Waals surface area contributed by atoms with Crippen molar-refractivity contribution in [1.82, 2.24) is 0 Å². The van der Waals surface area contributed by atoms with Crippen molar-refractivity contribution in [3.05, 3.63) is 130 Å². The minimum absolute atomic E-state index is 0.0870. The van der Waals surface area contributed by atoms with E-state index < -0.39 is 184 Å². The van der Waals surface area contributed by atoms with Crippen LogP contribution in [0.2, 0.25) is 0 Å². The largest absolute Gasteiger partial charge is 0.509 e. The molecule has 0 amide bonds. The van der Waals surface area contributed by atoms with Crippen molar-refractivity contribution >= 4 is 82.9 Å². The number of ether oxygens (including phenoxy) is 10. The van der Waals surface area contributed by atoms with E-state index in [1.54, 1.807) is 30.3 Å². The van der Waals surface area contributed by atoms with Gasteiger partial charge in [-0.1, -0.05) is 136 Å². The summed E-state index contributed by atoms with van der Waals surface area (Å²) in [4.78, 5) is 92.3. The topological polar surface area (TPSA) is 269 Å². The van der Waals surface area contributed by atoms with E-state index in [2.05, 4.69) is 51.7 Å². The van der Waals surface area contributed by atoms with Crippen molar-refractivity contribution in [3.8, 4) is 11.5 Å². The fraction of sp³-hybridized carbons (Fsp3) is 0.439. The standard InChI is InChI=1S/C25H23F5O10.C12H7F5O5.C7H8O.C6H8O4.2C3H8.CHCl3/c1-12(21(32)36-9-14-7-5-4-6-8-14)38-22(33)13(2)39-24(35)37-11-25(3,10-31)23(34)40-20-18(29)16(27)15(26)17(28)19(20)30;1-12(2-20-11(19)21-3-12)10(18)22-9-7(16)5(14)4(13)6(15)8(9)17;8-6-7-4-2-1-3-5-7;1-3-5(7)10-4(2)6(8)9-3;2*1-3-2;2-1(3)4/h4-8,12-13,31H,9-11H2,1-3H3;2-3H2,1H3;1-5,8H,6H2;3-4H,1-2H3;2*3H2,1-2H3;1H/t;;;3-,4-;;;/m...1.../s1/i;;;;1T;;1D. The van der Waals surface area contributed by atoms with Gasteiger partial charge in [0.15, 0.2) is 28.7 Å². The van der Waals surface area contributed by atoms with Gasteiger partial charge in [0.1, 0.15) is 37.3 Å². The van der Waals surface area contributed by atoms with Gasteiger partial charge in [-0.05, 0) is 52.7 Å². The summed E-state index contributed by atoms with van der Waals surface area (Å²) in [5.74, 6) is -33.4. The molecule has 0 bridgehead atoms. The number of halogens is 13. The van der Waals surface area contributed by atoms with Gasteiger partial charge >= 0.3 is 48.1 Å². The fourth-order valence-electron chi connectivity index (χ4n) is 5.42. The summed E-state index contributed by atoms with van der Waals surface area (Å²) in [6.45, 7) is 10.8. The molecule has 6 rings (SSSR count). The lowest BCUT2D eigenvalue weighted by Gasteiger charge is -2.29. The van der Waals surface area contributed by atoms with Gasteiger partial charge in [-0.2, -0.15) is 17.6 Å². The number of aliphatic hydroxyl groups excluding tert-OH is 2. The first kappa shape index (κ1) is 78.4. The van der Waals surface area contributed by atoms with Crippen molar-refractivity contribution < 1.29 is 143 Å². The maximum atomic E-state index is 13.8. The lowest BCUT2D eigenvalue weighted by atomic mass is 9.92. The van der Waals surface area contributed by atoms with E-state index in [0.29, 0.717) is 12.5 Å². The van der Waals surface area contributed by atoms with E-state index in [0.717, 1.165) is 32.8 Å². The number of benzene rings is 4. The fourth-order valence-corrected chi connectivity index (χ4v) is 5.42. The van der Waals surface area contributed by atoms with Crippen molar-refractivity contribution in [2.75, 3.05) is 26.4 Å². The molecule has 2 fully saturated rings. The van der Waals surface area contributed by atoms with Crippen LogP contribution in [-0.2, 0) is 79.9 Å². The first-order valence-corrected chi connectivity index (χ1v) is 26.9. The van der Waals surface area contributed by atoms with Crippen LogP contribution in [0.15, 0.2) is 60.7 Å². The van der Waals surface area contributed by atoms with E-state index in [1.807, 2.05) is 37.3 Å². The molecule has 33 heteroatoms. The van der Waals surface area contributed by atoms with Gasteiger partial charge in [0.05, 0.1) is 14.6 Å². The van der Waals surface area contributed by atoms with E-state index in [-0.39, 0.29) is 13.2 Å². The quantitative estimate of drug-likeness (QED) is 0.0226. The maximum absolute atomic E-state index is 13.8. The van der Waals surface area contributed by atoms with E-state index in [1.165, 1.54) is 27.2 Å². The highest BCUT2D eigenvalue weighted by Crippen LogP contribution is 2.34. The van der Waals surface area contributed by atoms with Gasteiger partial charge in [-0.15, -0.1) is 0 Å². The molecule has 0 saturated carbocycles. The lowest BCUT2D eigenvalue weighted by Crippen LogP contribution is -2.45. The maximum Gasteiger partial charge on any atom is 0.509 e. The SMILES string of the molecule is CC(OC(=O)OCC(C)(CO)C(=O)Oc1c(F)c(F)c(F)c(F)c1F)C(=O)OC(C)C(=O)OCc1ccccc1.CC1(C(=O)Oc2c(F)c(F)c(F)c(F)c2F)COC(=O)OC1.CCC.C[C@H]1OC(=O)[C@@H](C)OC1=O.OCc1ccccc1.[2H]C(Cl)(Cl)Cl.[3H]CCC. The summed E-state index contributed by atoms with van der Waals surface area (Å²) in [6.07, 6.45) is -4.94. The number of hydrogen-bond acceptors (Lipinski definition) is 20. The molecule has 0 aromatic heterocycles. The molecule has 2 aliphatic heterocycles. The van der Waals surface area contributed by atoms with Gasteiger partial charge < -0.3 is 57.6 Å². The van der Waals surface area contributed by atoms with E-state index >= 15 is 0 Å². The molecule has 3 unspecified atom stereocenters. The number of cyclic esters (lactones) is 4. The molecule has 2 heterocycles. The minimum Gasteiger partial charge on any atom is -0.458 e. The molecule has 5 atom stereocenters. The zero-order valence-electron chi connectivity index (χ0n) is 51.1. The summed E-state index contributed by atoms with van der Waals surface area (Å²) in [7, 11) is 0. The number of carbonyl (C=O) groups is 8. The third-order valence-electron chi connectivity index (χ3n) is 10.3. The highest BCUT2D eigenvalue weighted by atomic mass is 35.6. The predicted octanol–water partition coefficient (Wildman–Crippen LogP) is 11.8. The van der Waals surface area contributed by atoms with Crippen LogP contribution >= 0.6 is 34.8 Å². The van der Waals surface area contributed by atoms with E-state index in [4.69, 9.17) is 52.1 Å². The van der Waals surface area contributed by atoms with Crippen LogP contribution in [0.4, 0.5) is 53.5 Å².